The van der Waals surface area contributed by atoms with Crippen molar-refractivity contribution in [3.63, 3.8) is 0 Å². The molecule has 3 rings (SSSR count). The van der Waals surface area contributed by atoms with Crippen LogP contribution in [-0.2, 0) is 6.42 Å². The molecule has 2 aromatic heterocycles. The molecule has 0 aliphatic rings. The summed E-state index contributed by atoms with van der Waals surface area (Å²) in [6.45, 7) is 8.81. The standard InChI is InChI=1S/C20H21FN2S/c1-13-6-9-18(21)20-19(13)17(15(3)23-20)10-11-22-14(2)7-8-16-5-4-12-24-16/h4-9,12,22-23H,2,10-11H2,1,3H3/b8-7+. The van der Waals surface area contributed by atoms with Gasteiger partial charge in [0.25, 0.3) is 0 Å². The fraction of sp³-hybridized carbons (Fsp3) is 0.200. The maximum absolute atomic E-state index is 14.0. The predicted molar refractivity (Wildman–Crippen MR) is 102 cm³/mol. The van der Waals surface area contributed by atoms with Gasteiger partial charge in [0.05, 0.1) is 5.52 Å². The summed E-state index contributed by atoms with van der Waals surface area (Å²) >= 11 is 1.70. The summed E-state index contributed by atoms with van der Waals surface area (Å²) in [7, 11) is 0. The molecule has 0 aliphatic heterocycles. The minimum Gasteiger partial charge on any atom is -0.385 e. The van der Waals surface area contributed by atoms with Crippen molar-refractivity contribution in [3.05, 3.63) is 75.5 Å². The molecule has 0 saturated heterocycles. The van der Waals surface area contributed by atoms with Crippen molar-refractivity contribution >= 4 is 28.3 Å². The molecule has 0 amide bonds. The van der Waals surface area contributed by atoms with Gasteiger partial charge in [0.2, 0.25) is 0 Å². The molecule has 4 heteroatoms. The number of rotatable bonds is 6. The molecule has 0 radical (unpaired) electrons. The van der Waals surface area contributed by atoms with Gasteiger partial charge in [-0.1, -0.05) is 18.7 Å². The Morgan fingerprint density at radius 1 is 1.33 bits per heavy atom. The van der Waals surface area contributed by atoms with Crippen molar-refractivity contribution in [2.24, 2.45) is 0 Å². The van der Waals surface area contributed by atoms with E-state index < -0.39 is 0 Å². The molecule has 0 fully saturated rings. The van der Waals surface area contributed by atoms with Crippen molar-refractivity contribution in [1.29, 1.82) is 0 Å². The monoisotopic (exact) mass is 340 g/mol. The number of aromatic amines is 1. The summed E-state index contributed by atoms with van der Waals surface area (Å²) in [6.07, 6.45) is 4.86. The number of aryl methyl sites for hydroxylation is 2. The van der Waals surface area contributed by atoms with Crippen LogP contribution in [0.15, 0.2) is 48.0 Å². The summed E-state index contributed by atoms with van der Waals surface area (Å²) < 4.78 is 14.0. The van der Waals surface area contributed by atoms with Crippen molar-refractivity contribution in [2.75, 3.05) is 6.54 Å². The normalized spacial score (nSPS) is 11.5. The number of nitrogens with one attached hydrogen (secondary N) is 2. The molecule has 0 bridgehead atoms. The number of halogens is 1. The van der Waals surface area contributed by atoms with Gasteiger partial charge in [-0.25, -0.2) is 4.39 Å². The molecule has 0 atom stereocenters. The summed E-state index contributed by atoms with van der Waals surface area (Å²) in [6, 6.07) is 7.46. The molecule has 0 aliphatic carbocycles. The van der Waals surface area contributed by atoms with Crippen LogP contribution in [0.4, 0.5) is 4.39 Å². The van der Waals surface area contributed by atoms with E-state index in [9.17, 15) is 4.39 Å². The van der Waals surface area contributed by atoms with E-state index in [2.05, 4.69) is 34.4 Å². The number of H-pyrrole nitrogens is 1. The second-order valence-corrected chi connectivity index (χ2v) is 6.87. The number of hydrogen-bond donors (Lipinski definition) is 2. The van der Waals surface area contributed by atoms with Crippen LogP contribution in [0, 0.1) is 19.7 Å². The Balaban J connectivity index is 1.67. The number of fused-ring (bicyclic) bond motifs is 1. The SMILES string of the molecule is C=C(/C=C/c1cccs1)NCCc1c(C)[nH]c2c(F)ccc(C)c12. The quantitative estimate of drug-likeness (QED) is 0.582. The third kappa shape index (κ3) is 3.44. The van der Waals surface area contributed by atoms with Crippen LogP contribution in [0.1, 0.15) is 21.7 Å². The molecule has 0 spiro atoms. The average molecular weight is 340 g/mol. The number of thiophene rings is 1. The second-order valence-electron chi connectivity index (χ2n) is 5.89. The highest BCUT2D eigenvalue weighted by Crippen LogP contribution is 2.27. The van der Waals surface area contributed by atoms with Gasteiger partial charge in [0.15, 0.2) is 0 Å². The zero-order valence-corrected chi connectivity index (χ0v) is 14.8. The number of aromatic nitrogens is 1. The van der Waals surface area contributed by atoms with E-state index >= 15 is 0 Å². The molecule has 0 unspecified atom stereocenters. The summed E-state index contributed by atoms with van der Waals surface area (Å²) in [4.78, 5) is 4.39. The lowest BCUT2D eigenvalue weighted by Crippen LogP contribution is -2.15. The molecule has 2 N–H and O–H groups in total. The van der Waals surface area contributed by atoms with Crippen molar-refractivity contribution in [2.45, 2.75) is 20.3 Å². The smallest absolute Gasteiger partial charge is 0.147 e. The predicted octanol–water partition coefficient (Wildman–Crippen LogP) is 5.34. The third-order valence-electron chi connectivity index (χ3n) is 4.15. The van der Waals surface area contributed by atoms with Gasteiger partial charge in [0.1, 0.15) is 5.82 Å². The fourth-order valence-electron chi connectivity index (χ4n) is 2.93. The van der Waals surface area contributed by atoms with E-state index in [1.807, 2.05) is 32.1 Å². The first kappa shape index (κ1) is 16.5. The summed E-state index contributed by atoms with van der Waals surface area (Å²) in [5.41, 5.74) is 4.79. The molecule has 24 heavy (non-hydrogen) atoms. The second kappa shape index (κ2) is 7.05. The van der Waals surface area contributed by atoms with Gasteiger partial charge in [-0.3, -0.25) is 0 Å². The minimum atomic E-state index is -0.193. The highest BCUT2D eigenvalue weighted by Gasteiger charge is 2.13. The van der Waals surface area contributed by atoms with Gasteiger partial charge in [0, 0.05) is 28.2 Å². The highest BCUT2D eigenvalue weighted by molar-refractivity contribution is 7.10. The topological polar surface area (TPSA) is 27.8 Å². The molecule has 2 heterocycles. The molecular weight excluding hydrogens is 319 g/mol. The lowest BCUT2D eigenvalue weighted by Gasteiger charge is -2.07. The first-order valence-corrected chi connectivity index (χ1v) is 8.85. The first-order chi connectivity index (χ1) is 11.6. The third-order valence-corrected chi connectivity index (χ3v) is 4.99. The van der Waals surface area contributed by atoms with Crippen LogP contribution in [-0.4, -0.2) is 11.5 Å². The van der Waals surface area contributed by atoms with Gasteiger partial charge < -0.3 is 10.3 Å². The molecule has 3 aromatic rings. The number of benzene rings is 1. The van der Waals surface area contributed by atoms with Gasteiger partial charge in [-0.2, -0.15) is 0 Å². The van der Waals surface area contributed by atoms with E-state index in [0.717, 1.165) is 35.3 Å². The van der Waals surface area contributed by atoms with E-state index in [1.54, 1.807) is 11.3 Å². The summed E-state index contributed by atoms with van der Waals surface area (Å²) in [5.74, 6) is -0.193. The zero-order chi connectivity index (χ0) is 17.1. The molecule has 1 aromatic carbocycles. The highest BCUT2D eigenvalue weighted by atomic mass is 32.1. The number of hydrogen-bond acceptors (Lipinski definition) is 2. The van der Waals surface area contributed by atoms with Crippen LogP contribution in [0.25, 0.3) is 17.0 Å². The Morgan fingerprint density at radius 2 is 2.17 bits per heavy atom. The summed E-state index contributed by atoms with van der Waals surface area (Å²) in [5, 5.41) is 6.39. The van der Waals surface area contributed by atoms with Crippen LogP contribution in [0.3, 0.4) is 0 Å². The van der Waals surface area contributed by atoms with Crippen LogP contribution >= 0.6 is 11.3 Å². The van der Waals surface area contributed by atoms with Gasteiger partial charge in [-0.05, 0) is 61.1 Å². The Labute approximate surface area is 145 Å². The lowest BCUT2D eigenvalue weighted by molar-refractivity contribution is 0.637. The molecule has 0 saturated carbocycles. The minimum absolute atomic E-state index is 0.193. The number of allylic oxidation sites excluding steroid dienone is 1. The van der Waals surface area contributed by atoms with Crippen molar-refractivity contribution in [1.82, 2.24) is 10.3 Å². The van der Waals surface area contributed by atoms with E-state index in [-0.39, 0.29) is 5.82 Å². The first-order valence-electron chi connectivity index (χ1n) is 7.97. The molecule has 2 nitrogen and oxygen atoms in total. The van der Waals surface area contributed by atoms with Crippen LogP contribution < -0.4 is 5.32 Å². The Hall–Kier alpha value is -2.33. The zero-order valence-electron chi connectivity index (χ0n) is 13.9. The molecule has 124 valence electrons. The maximum Gasteiger partial charge on any atom is 0.147 e. The van der Waals surface area contributed by atoms with E-state index in [0.29, 0.717) is 5.52 Å². The average Bonchev–Trinajstić information content (AvgIpc) is 3.18. The van der Waals surface area contributed by atoms with Gasteiger partial charge >= 0.3 is 0 Å². The lowest BCUT2D eigenvalue weighted by atomic mass is 10.0. The largest absolute Gasteiger partial charge is 0.385 e. The Bertz CT molecular complexity index is 888. The van der Waals surface area contributed by atoms with Crippen LogP contribution in [0.2, 0.25) is 0 Å². The van der Waals surface area contributed by atoms with E-state index in [4.69, 9.17) is 0 Å². The fourth-order valence-corrected chi connectivity index (χ4v) is 3.55. The van der Waals surface area contributed by atoms with E-state index in [1.165, 1.54) is 16.5 Å². The van der Waals surface area contributed by atoms with Crippen molar-refractivity contribution < 1.29 is 4.39 Å². The van der Waals surface area contributed by atoms with Crippen molar-refractivity contribution in [3.8, 4) is 0 Å². The molecular formula is C20H21FN2S. The maximum atomic E-state index is 14.0. The Morgan fingerprint density at radius 3 is 2.92 bits per heavy atom. The Kier molecular flexibility index (Phi) is 4.86. The van der Waals surface area contributed by atoms with Gasteiger partial charge in [-0.15, -0.1) is 11.3 Å². The van der Waals surface area contributed by atoms with Crippen LogP contribution in [0.5, 0.6) is 0 Å².